The van der Waals surface area contributed by atoms with E-state index in [9.17, 15) is 4.79 Å². The summed E-state index contributed by atoms with van der Waals surface area (Å²) in [4.78, 5) is 19.5. The van der Waals surface area contributed by atoms with Crippen LogP contribution in [0.2, 0.25) is 0 Å². The molecule has 1 aliphatic rings. The van der Waals surface area contributed by atoms with Crippen molar-refractivity contribution in [2.45, 2.75) is 31.7 Å². The van der Waals surface area contributed by atoms with E-state index < -0.39 is 0 Å². The smallest absolute Gasteiger partial charge is 0.225 e. The van der Waals surface area contributed by atoms with Crippen LogP contribution in [0.3, 0.4) is 0 Å². The third-order valence-electron chi connectivity index (χ3n) is 5.48. The molecule has 1 atom stereocenters. The summed E-state index contributed by atoms with van der Waals surface area (Å²) in [6.45, 7) is 0. The monoisotopic (exact) mass is 343 g/mol. The molecule has 0 spiro atoms. The van der Waals surface area contributed by atoms with Gasteiger partial charge in [0.2, 0.25) is 5.91 Å². The molecule has 2 aromatic heterocycles. The fourth-order valence-corrected chi connectivity index (χ4v) is 4.26. The molecular weight excluding hydrogens is 322 g/mol. The molecule has 4 aromatic rings. The summed E-state index contributed by atoms with van der Waals surface area (Å²) in [5.41, 5.74) is 5.83. The van der Waals surface area contributed by atoms with Gasteiger partial charge in [-0.1, -0.05) is 36.4 Å². The lowest BCUT2D eigenvalue weighted by Crippen LogP contribution is -2.32. The van der Waals surface area contributed by atoms with Gasteiger partial charge in [-0.05, 0) is 42.5 Å². The van der Waals surface area contributed by atoms with Crippen LogP contribution >= 0.6 is 0 Å². The summed E-state index contributed by atoms with van der Waals surface area (Å²) in [6, 6.07) is 16.6. The molecule has 4 heteroatoms. The molecule has 0 radical (unpaired) electrons. The van der Waals surface area contributed by atoms with Crippen molar-refractivity contribution in [3.63, 3.8) is 0 Å². The second-order valence-corrected chi connectivity index (χ2v) is 7.11. The maximum atomic E-state index is 12.7. The van der Waals surface area contributed by atoms with Crippen LogP contribution in [0.15, 0.2) is 54.7 Å². The highest BCUT2D eigenvalue weighted by molar-refractivity contribution is 5.89. The lowest BCUT2D eigenvalue weighted by atomic mass is 9.91. The number of amides is 1. The van der Waals surface area contributed by atoms with Gasteiger partial charge in [0.15, 0.2) is 0 Å². The molecule has 4 nitrogen and oxygen atoms in total. The molecule has 5 rings (SSSR count). The average molecular weight is 343 g/mol. The Morgan fingerprint density at radius 2 is 1.81 bits per heavy atom. The lowest BCUT2D eigenvalue weighted by molar-refractivity contribution is -0.121. The number of nitrogens with one attached hydrogen (secondary N) is 3. The molecule has 0 fully saturated rings. The van der Waals surface area contributed by atoms with Crippen LogP contribution in [0.5, 0.6) is 0 Å². The van der Waals surface area contributed by atoms with Crippen LogP contribution in [0.4, 0.5) is 0 Å². The zero-order valence-corrected chi connectivity index (χ0v) is 14.5. The number of rotatable bonds is 3. The average Bonchev–Trinajstić information content (AvgIpc) is 3.24. The second kappa shape index (κ2) is 6.06. The Hall–Kier alpha value is -3.01. The first-order chi connectivity index (χ1) is 12.8. The van der Waals surface area contributed by atoms with E-state index in [0.717, 1.165) is 41.2 Å². The number of fused-ring (bicyclic) bond motifs is 4. The van der Waals surface area contributed by atoms with Crippen molar-refractivity contribution in [2.75, 3.05) is 0 Å². The predicted molar refractivity (Wildman–Crippen MR) is 104 cm³/mol. The number of aromatic nitrogens is 2. The molecule has 0 unspecified atom stereocenters. The summed E-state index contributed by atoms with van der Waals surface area (Å²) < 4.78 is 0. The first kappa shape index (κ1) is 15.3. The van der Waals surface area contributed by atoms with Crippen molar-refractivity contribution in [3.8, 4) is 0 Å². The number of carbonyl (C=O) groups excluding carboxylic acids is 1. The van der Waals surface area contributed by atoms with Crippen molar-refractivity contribution in [1.29, 1.82) is 0 Å². The number of H-pyrrole nitrogens is 2. The Kier molecular flexibility index (Phi) is 3.56. The Labute approximate surface area is 151 Å². The minimum Gasteiger partial charge on any atom is -0.361 e. The van der Waals surface area contributed by atoms with Gasteiger partial charge in [0.05, 0.1) is 12.5 Å². The van der Waals surface area contributed by atoms with E-state index in [0.29, 0.717) is 6.42 Å². The molecule has 0 aliphatic heterocycles. The molecule has 3 N–H and O–H groups in total. The van der Waals surface area contributed by atoms with Gasteiger partial charge in [-0.3, -0.25) is 4.79 Å². The highest BCUT2D eigenvalue weighted by atomic mass is 16.1. The number of para-hydroxylation sites is 2. The minimum atomic E-state index is 0.0730. The van der Waals surface area contributed by atoms with Crippen molar-refractivity contribution in [3.05, 3.63) is 71.5 Å². The second-order valence-electron chi connectivity index (χ2n) is 7.11. The van der Waals surface area contributed by atoms with Crippen LogP contribution in [-0.4, -0.2) is 15.9 Å². The normalized spacial score (nSPS) is 16.7. The molecule has 130 valence electrons. The fourth-order valence-electron chi connectivity index (χ4n) is 4.26. The SMILES string of the molecule is O=C(Cc1c[nH]c2ccccc12)N[C@H]1CCCc2c1[nH]c1ccccc21. The molecule has 1 aliphatic carbocycles. The summed E-state index contributed by atoms with van der Waals surface area (Å²) in [7, 11) is 0. The van der Waals surface area contributed by atoms with Crippen molar-refractivity contribution < 1.29 is 4.79 Å². The highest BCUT2D eigenvalue weighted by Gasteiger charge is 2.25. The van der Waals surface area contributed by atoms with E-state index in [1.54, 1.807) is 0 Å². The van der Waals surface area contributed by atoms with E-state index in [4.69, 9.17) is 0 Å². The summed E-state index contributed by atoms with van der Waals surface area (Å²) in [5.74, 6) is 0.0752. The van der Waals surface area contributed by atoms with Gasteiger partial charge in [0.1, 0.15) is 0 Å². The van der Waals surface area contributed by atoms with Crippen LogP contribution in [0, 0.1) is 0 Å². The molecule has 2 aromatic carbocycles. The molecule has 1 amide bonds. The molecule has 0 saturated carbocycles. The van der Waals surface area contributed by atoms with Crippen molar-refractivity contribution in [2.24, 2.45) is 0 Å². The van der Waals surface area contributed by atoms with E-state index in [1.807, 2.05) is 24.4 Å². The molecule has 0 saturated heterocycles. The number of carbonyl (C=O) groups is 1. The third kappa shape index (κ3) is 2.49. The van der Waals surface area contributed by atoms with Crippen LogP contribution in [0.25, 0.3) is 21.8 Å². The Balaban J connectivity index is 1.39. The van der Waals surface area contributed by atoms with E-state index in [1.165, 1.54) is 16.6 Å². The predicted octanol–water partition coefficient (Wildman–Crippen LogP) is 4.39. The van der Waals surface area contributed by atoms with E-state index in [-0.39, 0.29) is 11.9 Å². The van der Waals surface area contributed by atoms with E-state index in [2.05, 4.69) is 45.6 Å². The number of aryl methyl sites for hydroxylation is 1. The zero-order chi connectivity index (χ0) is 17.5. The summed E-state index contributed by atoms with van der Waals surface area (Å²) >= 11 is 0. The van der Waals surface area contributed by atoms with Gasteiger partial charge >= 0.3 is 0 Å². The van der Waals surface area contributed by atoms with Gasteiger partial charge in [0.25, 0.3) is 0 Å². The first-order valence-corrected chi connectivity index (χ1v) is 9.23. The Bertz CT molecular complexity index is 1100. The van der Waals surface area contributed by atoms with Gasteiger partial charge < -0.3 is 15.3 Å². The van der Waals surface area contributed by atoms with Crippen molar-refractivity contribution >= 4 is 27.7 Å². The van der Waals surface area contributed by atoms with Crippen LogP contribution in [0.1, 0.15) is 35.7 Å². The lowest BCUT2D eigenvalue weighted by Gasteiger charge is -2.23. The Morgan fingerprint density at radius 1 is 1.04 bits per heavy atom. The number of benzene rings is 2. The summed E-state index contributed by atoms with van der Waals surface area (Å²) in [6.07, 6.45) is 5.51. The third-order valence-corrected chi connectivity index (χ3v) is 5.48. The number of aromatic amines is 2. The molecule has 0 bridgehead atoms. The van der Waals surface area contributed by atoms with Gasteiger partial charge in [-0.15, -0.1) is 0 Å². The largest absolute Gasteiger partial charge is 0.361 e. The minimum absolute atomic E-state index is 0.0730. The van der Waals surface area contributed by atoms with Crippen LogP contribution in [-0.2, 0) is 17.6 Å². The number of hydrogen-bond donors (Lipinski definition) is 3. The quantitative estimate of drug-likeness (QED) is 0.508. The molecule has 2 heterocycles. The fraction of sp³-hybridized carbons (Fsp3) is 0.227. The molecule has 26 heavy (non-hydrogen) atoms. The van der Waals surface area contributed by atoms with Crippen LogP contribution < -0.4 is 5.32 Å². The van der Waals surface area contributed by atoms with Gasteiger partial charge in [-0.2, -0.15) is 0 Å². The number of hydrogen-bond acceptors (Lipinski definition) is 1. The standard InChI is InChI=1S/C22H21N3O/c26-21(12-14-13-23-18-9-3-1-6-15(14)18)24-20-11-5-8-17-16-7-2-4-10-19(16)25-22(17)20/h1-4,6-7,9-10,13,20,23,25H,5,8,11-12H2,(H,24,26)/t20-/m0/s1. The maximum absolute atomic E-state index is 12.7. The Morgan fingerprint density at radius 3 is 2.69 bits per heavy atom. The van der Waals surface area contributed by atoms with Gasteiger partial charge in [-0.25, -0.2) is 0 Å². The van der Waals surface area contributed by atoms with Gasteiger partial charge in [0, 0.05) is 33.7 Å². The van der Waals surface area contributed by atoms with Crippen molar-refractivity contribution in [1.82, 2.24) is 15.3 Å². The molecular formula is C22H21N3O. The van der Waals surface area contributed by atoms with E-state index >= 15 is 0 Å². The topological polar surface area (TPSA) is 60.7 Å². The maximum Gasteiger partial charge on any atom is 0.225 e. The zero-order valence-electron chi connectivity index (χ0n) is 14.5. The summed E-state index contributed by atoms with van der Waals surface area (Å²) in [5, 5.41) is 5.67. The highest BCUT2D eigenvalue weighted by Crippen LogP contribution is 2.34. The first-order valence-electron chi connectivity index (χ1n) is 9.23.